The van der Waals surface area contributed by atoms with E-state index >= 15 is 0 Å². The number of hydrogen-bond donors (Lipinski definition) is 4. The molecule has 0 saturated heterocycles. The minimum atomic E-state index is -0.163. The summed E-state index contributed by atoms with van der Waals surface area (Å²) in [4.78, 5) is 40.7. The summed E-state index contributed by atoms with van der Waals surface area (Å²) in [6.07, 6.45) is 18.0. The molecule has 18 rings (SSSR count). The molecule has 0 unspecified atom stereocenters. The van der Waals surface area contributed by atoms with Gasteiger partial charge in [0.1, 0.15) is 0 Å². The Labute approximate surface area is 859 Å². The van der Waals surface area contributed by atoms with Crippen LogP contribution in [0.25, 0.3) is 193 Å². The van der Waals surface area contributed by atoms with Crippen molar-refractivity contribution in [3.8, 4) is 100 Å². The number of rotatable bonds is 9. The molecule has 4 aliphatic heterocycles. The van der Waals surface area contributed by atoms with Crippen molar-refractivity contribution in [2.24, 2.45) is 0 Å². The normalized spacial score (nSPS) is 13.7. The molecule has 144 heavy (non-hydrogen) atoms. The van der Waals surface area contributed by atoms with E-state index in [9.17, 15) is 0 Å². The molecule has 4 N–H and O–H groups in total. The minimum Gasteiger partial charge on any atom is -0.354 e. The topological polar surface area (TPSA) is 115 Å². The molecule has 0 radical (unpaired) electrons. The molecule has 0 amide bonds. The van der Waals surface area contributed by atoms with E-state index in [0.717, 1.165) is 190 Å². The summed E-state index contributed by atoms with van der Waals surface area (Å²) in [7, 11) is 0. The predicted molar refractivity (Wildman–Crippen MR) is 625 cm³/mol. The van der Waals surface area contributed by atoms with Gasteiger partial charge in [-0.3, -0.25) is 0 Å². The van der Waals surface area contributed by atoms with E-state index < -0.39 is 0 Å². The predicted octanol–water partition coefficient (Wildman–Crippen LogP) is 38.2. The summed E-state index contributed by atoms with van der Waals surface area (Å²) in [5.41, 5.74) is 46.9. The van der Waals surface area contributed by atoms with Gasteiger partial charge in [0.25, 0.3) is 0 Å². The summed E-state index contributed by atoms with van der Waals surface area (Å²) in [5.74, 6) is 0. The van der Waals surface area contributed by atoms with Crippen molar-refractivity contribution in [3.63, 3.8) is 0 Å². The maximum Gasteiger partial charge on any atom is 0.0737 e. The molecule has 8 nitrogen and oxygen atoms in total. The zero-order chi connectivity index (χ0) is 104. The van der Waals surface area contributed by atoms with Crippen molar-refractivity contribution in [2.45, 2.75) is 314 Å². The second-order valence-corrected chi connectivity index (χ2v) is 54.0. The highest BCUT2D eigenvalue weighted by Gasteiger charge is 2.34. The van der Waals surface area contributed by atoms with Crippen LogP contribution in [0.1, 0.15) is 362 Å². The van der Waals surface area contributed by atoms with E-state index in [0.29, 0.717) is 0 Å². The maximum atomic E-state index is 5.99. The fraction of sp³-hybridized carbons (Fsp3) is 0.353. The smallest absolute Gasteiger partial charge is 0.0737 e. The minimum absolute atomic E-state index is 0.147. The lowest BCUT2D eigenvalue weighted by Crippen LogP contribution is -2.16. The Hall–Kier alpha value is -13.0. The van der Waals surface area contributed by atoms with Gasteiger partial charge in [0, 0.05) is 88.6 Å². The van der Waals surface area contributed by atoms with Gasteiger partial charge < -0.3 is 19.9 Å². The van der Waals surface area contributed by atoms with Crippen LogP contribution in [0.3, 0.4) is 0 Å². The zero-order valence-corrected chi connectivity index (χ0v) is 93.0. The van der Waals surface area contributed by atoms with E-state index in [1.165, 1.54) is 66.8 Å². The lowest BCUT2D eigenvalue weighted by molar-refractivity contribution is 0.568. The van der Waals surface area contributed by atoms with Crippen molar-refractivity contribution >= 4 is 92.7 Å². The number of hydrogen-bond acceptors (Lipinski definition) is 4. The second-order valence-electron chi connectivity index (χ2n) is 54.0. The Morgan fingerprint density at radius 1 is 0.125 bits per heavy atom. The molecule has 8 aromatic carbocycles. The standard InChI is InChI=1S/C136H154N8/c1-125(2,3)89-61-83(62-90(73-89)126(4,5)6)119-105-49-45-101(137-105)117(102-46-50-106(138-102)120(84-63-91(127(7,8)9)74-92(64-84)128(10,11)12)110-54-58-114(142-110)123(113-57-53-109(119)141-113)87-69-97(133(25,26)27)77-98(70-87)134(28,29)30)81-41-37-79(38-42-81)80-39-43-82(44-40-80)118-103-47-51-107(139-103)121(85-65-93(129(13,14)15)75-94(66-85)130(16,17)18)111-55-59-115(143-111)124(88-71-99(135(31,32)33)78-100(72-88)136(34,35)36)116-60-56-112(144-116)122(108-52-48-104(118)140-108)86-67-95(131(19,20)21)76-96(68-86)132(22,23)24/h37-78,137,139,142,144H,1-36H3. The summed E-state index contributed by atoms with van der Waals surface area (Å²) in [5, 5.41) is 0. The number of fused-ring (bicyclic) bond motifs is 16. The first-order chi connectivity index (χ1) is 66.8. The number of H-pyrrole nitrogens is 4. The van der Waals surface area contributed by atoms with Gasteiger partial charge >= 0.3 is 0 Å². The highest BCUT2D eigenvalue weighted by Crippen LogP contribution is 2.50. The van der Waals surface area contributed by atoms with Crippen molar-refractivity contribution in [3.05, 3.63) is 319 Å². The van der Waals surface area contributed by atoms with Gasteiger partial charge in [0.15, 0.2) is 0 Å². The van der Waals surface area contributed by atoms with Crippen molar-refractivity contribution in [1.29, 1.82) is 0 Å². The number of nitrogens with one attached hydrogen (secondary N) is 4. The molecule has 4 aliphatic rings. The summed E-state index contributed by atoms with van der Waals surface area (Å²) in [6.45, 7) is 83.8. The third-order valence-electron chi connectivity index (χ3n) is 29.9. The Morgan fingerprint density at radius 2 is 0.229 bits per heavy atom. The fourth-order valence-electron chi connectivity index (χ4n) is 20.3. The third-order valence-corrected chi connectivity index (χ3v) is 29.9. The molecule has 16 bridgehead atoms. The van der Waals surface area contributed by atoms with Gasteiger partial charge in [-0.2, -0.15) is 0 Å². The Kier molecular flexibility index (Phi) is 24.9. The summed E-state index contributed by atoms with van der Waals surface area (Å²) >= 11 is 0. The first-order valence-electron chi connectivity index (χ1n) is 52.4. The van der Waals surface area contributed by atoms with Crippen LogP contribution in [0.5, 0.6) is 0 Å². The summed E-state index contributed by atoms with van der Waals surface area (Å²) < 4.78 is 0. The Morgan fingerprint density at radius 3 is 0.340 bits per heavy atom. The zero-order valence-electron chi connectivity index (χ0n) is 93.0. The molecule has 738 valence electrons. The molecule has 0 saturated carbocycles. The van der Waals surface area contributed by atoms with E-state index in [2.05, 4.69) is 524 Å². The second kappa shape index (κ2) is 35.4. The molecule has 0 fully saturated rings. The monoisotopic (exact) mass is 1900 g/mol. The van der Waals surface area contributed by atoms with Crippen LogP contribution in [0.4, 0.5) is 0 Å². The molecule has 14 aromatic rings. The van der Waals surface area contributed by atoms with Crippen LogP contribution >= 0.6 is 0 Å². The summed E-state index contributed by atoms with van der Waals surface area (Å²) in [6, 6.07) is 80.2. The van der Waals surface area contributed by atoms with Gasteiger partial charge in [-0.25, -0.2) is 19.9 Å². The molecule has 0 spiro atoms. The Bertz CT molecular complexity index is 7210. The fourth-order valence-corrected chi connectivity index (χ4v) is 20.3. The SMILES string of the molecule is CC(C)(C)c1cc(-c2c3nc(c(-c4cc(C(C)(C)C)cc(C(C)(C)C)c4)c4ccc([nH]4)c(-c4cc(C(C)(C)C)cc(C(C)(C)C)c4)c4nc(c(-c5ccc(-c6ccc(-c7c8nc(c(-c9cc(C(C)(C)C)cc(C(C)(C)C)c9)c9ccc([nH]9)c(-c9cc(C(C)(C)C)cc(C(C)(C)C)c9)c9nc(c(-c%10cc(C(C)(C)C)cc(C(C)(C)C)c%10)c%10ccc7[nH]%10)C=C9)C=C8)cc6)cc5)c5ccc2[nH]5)C=C4)C=C3)cc(C(C)(C)C)c1. The number of nitrogens with zero attached hydrogens (tertiary/aromatic N) is 4. The molecule has 8 heteroatoms. The first kappa shape index (κ1) is 101. The molecule has 10 heterocycles. The van der Waals surface area contributed by atoms with Crippen LogP contribution in [-0.2, 0) is 65.0 Å². The number of aromatic nitrogens is 8. The lowest BCUT2D eigenvalue weighted by atomic mass is 9.78. The number of aromatic amines is 4. The number of benzene rings is 8. The van der Waals surface area contributed by atoms with Crippen molar-refractivity contribution in [2.75, 3.05) is 0 Å². The van der Waals surface area contributed by atoms with E-state index in [-0.39, 0.29) is 65.0 Å². The lowest BCUT2D eigenvalue weighted by Gasteiger charge is -2.26. The molecule has 0 aliphatic carbocycles. The highest BCUT2D eigenvalue weighted by atomic mass is 14.8. The van der Waals surface area contributed by atoms with Crippen molar-refractivity contribution in [1.82, 2.24) is 39.9 Å². The van der Waals surface area contributed by atoms with Crippen molar-refractivity contribution < 1.29 is 0 Å². The van der Waals surface area contributed by atoms with Crippen LogP contribution < -0.4 is 0 Å². The first-order valence-corrected chi connectivity index (χ1v) is 52.4. The van der Waals surface area contributed by atoms with Gasteiger partial charge in [0.05, 0.1) is 45.6 Å². The van der Waals surface area contributed by atoms with Gasteiger partial charge in [-0.15, -0.1) is 0 Å². The molecular weight excluding hydrogens is 1750 g/mol. The molecule has 0 atom stereocenters. The molecular formula is C136H154N8. The average Bonchev–Trinajstić information content (AvgIpc) is 1.58. The van der Waals surface area contributed by atoms with Gasteiger partial charge in [-0.05, 0) is 285 Å². The van der Waals surface area contributed by atoms with Crippen LogP contribution in [0.2, 0.25) is 0 Å². The van der Waals surface area contributed by atoms with Crippen LogP contribution in [-0.4, -0.2) is 39.9 Å². The third kappa shape index (κ3) is 20.2. The largest absolute Gasteiger partial charge is 0.354 e. The van der Waals surface area contributed by atoms with Crippen LogP contribution in [0.15, 0.2) is 206 Å². The highest BCUT2D eigenvalue weighted by molar-refractivity contribution is 6.04. The van der Waals surface area contributed by atoms with Gasteiger partial charge in [0.2, 0.25) is 0 Å². The quantitative estimate of drug-likeness (QED) is 0.115. The maximum absolute atomic E-state index is 5.99. The Balaban J connectivity index is 0.882. The van der Waals surface area contributed by atoms with E-state index in [1.807, 2.05) is 0 Å². The van der Waals surface area contributed by atoms with E-state index in [1.54, 1.807) is 0 Å². The average molecular weight is 1900 g/mol. The van der Waals surface area contributed by atoms with Crippen LogP contribution in [0, 0.1) is 0 Å². The van der Waals surface area contributed by atoms with Gasteiger partial charge in [-0.1, -0.05) is 407 Å². The van der Waals surface area contributed by atoms with E-state index in [4.69, 9.17) is 19.9 Å². The molecule has 6 aromatic heterocycles.